The van der Waals surface area contributed by atoms with Crippen LogP contribution in [0, 0.1) is 0 Å². The Morgan fingerprint density at radius 3 is 3.00 bits per heavy atom. The van der Waals surface area contributed by atoms with Crippen molar-refractivity contribution >= 4 is 5.91 Å². The Morgan fingerprint density at radius 2 is 2.35 bits per heavy atom. The number of amides is 1. The molecule has 2 aromatic rings. The second-order valence-electron chi connectivity index (χ2n) is 3.29. The number of nitrogens with two attached hydrogens (primary N) is 1. The lowest BCUT2D eigenvalue weighted by Crippen LogP contribution is -2.19. The largest absolute Gasteiger partial charge is 0.354 e. The van der Waals surface area contributed by atoms with Gasteiger partial charge in [0.1, 0.15) is 12.0 Å². The van der Waals surface area contributed by atoms with Crippen LogP contribution in [-0.4, -0.2) is 32.7 Å². The number of nitrogens with zero attached hydrogens (tertiary/aromatic N) is 4. The molecule has 0 fully saturated rings. The molecular weight excluding hydrogens is 220 g/mol. The van der Waals surface area contributed by atoms with Crippen molar-refractivity contribution in [2.24, 2.45) is 5.73 Å². The number of hydrogen-bond acceptors (Lipinski definition) is 5. The molecule has 7 heteroatoms. The third-order valence-corrected chi connectivity index (χ3v) is 2.19. The van der Waals surface area contributed by atoms with Gasteiger partial charge in [-0.2, -0.15) is 0 Å². The van der Waals surface area contributed by atoms with E-state index in [0.717, 1.165) is 0 Å². The molecule has 0 unspecified atom stereocenters. The Labute approximate surface area is 97.7 Å². The summed E-state index contributed by atoms with van der Waals surface area (Å²) in [5.41, 5.74) is 6.47. The highest BCUT2D eigenvalue weighted by atomic mass is 16.1. The minimum Gasteiger partial charge on any atom is -0.354 e. The van der Waals surface area contributed by atoms with Gasteiger partial charge < -0.3 is 11.1 Å². The number of nitrogens with one attached hydrogen (secondary N) is 1. The zero-order valence-electron chi connectivity index (χ0n) is 9.29. The lowest BCUT2D eigenvalue weighted by molar-refractivity contribution is 0.0958. The molecule has 17 heavy (non-hydrogen) atoms. The Bertz CT molecular complexity index is 535. The van der Waals surface area contributed by atoms with E-state index in [4.69, 9.17) is 5.73 Å². The number of rotatable bonds is 3. The van der Waals surface area contributed by atoms with Gasteiger partial charge in [0, 0.05) is 13.2 Å². The molecule has 0 saturated carbocycles. The molecule has 0 aliphatic carbocycles. The Kier molecular flexibility index (Phi) is 3.10. The van der Waals surface area contributed by atoms with Crippen LogP contribution in [0.1, 0.15) is 16.3 Å². The molecule has 0 aliphatic rings. The van der Waals surface area contributed by atoms with Gasteiger partial charge in [-0.15, -0.1) is 5.10 Å². The fourth-order valence-electron chi connectivity index (χ4n) is 1.33. The SMILES string of the molecule is CNC(=O)c1cc(-n2cnc(CN)n2)ccn1. The first kappa shape index (κ1) is 11.2. The highest BCUT2D eigenvalue weighted by Gasteiger charge is 2.07. The molecule has 0 bridgehead atoms. The number of carbonyl (C=O) groups excluding carboxylic acids is 1. The van der Waals surface area contributed by atoms with Gasteiger partial charge in [0.05, 0.1) is 12.2 Å². The molecule has 7 nitrogen and oxygen atoms in total. The summed E-state index contributed by atoms with van der Waals surface area (Å²) < 4.78 is 1.55. The maximum absolute atomic E-state index is 11.4. The lowest BCUT2D eigenvalue weighted by atomic mass is 10.3. The summed E-state index contributed by atoms with van der Waals surface area (Å²) in [6.07, 6.45) is 3.09. The van der Waals surface area contributed by atoms with E-state index in [9.17, 15) is 4.79 Å². The molecule has 0 saturated heterocycles. The van der Waals surface area contributed by atoms with Gasteiger partial charge in [0.2, 0.25) is 0 Å². The van der Waals surface area contributed by atoms with Gasteiger partial charge in [-0.05, 0) is 12.1 Å². The van der Waals surface area contributed by atoms with E-state index in [-0.39, 0.29) is 12.5 Å². The van der Waals surface area contributed by atoms with Crippen LogP contribution in [0.25, 0.3) is 5.69 Å². The van der Waals surface area contributed by atoms with Crippen LogP contribution in [0.3, 0.4) is 0 Å². The second kappa shape index (κ2) is 4.71. The van der Waals surface area contributed by atoms with Crippen LogP contribution in [0.2, 0.25) is 0 Å². The number of pyridine rings is 1. The average molecular weight is 232 g/mol. The van der Waals surface area contributed by atoms with Crippen molar-refractivity contribution < 1.29 is 4.79 Å². The molecule has 1 amide bonds. The van der Waals surface area contributed by atoms with Crippen molar-refractivity contribution in [2.45, 2.75) is 6.54 Å². The summed E-state index contributed by atoms with van der Waals surface area (Å²) in [6, 6.07) is 3.37. The van der Waals surface area contributed by atoms with E-state index >= 15 is 0 Å². The number of carbonyl (C=O) groups is 1. The summed E-state index contributed by atoms with van der Waals surface area (Å²) in [5, 5.41) is 6.66. The first-order chi connectivity index (χ1) is 8.24. The van der Waals surface area contributed by atoms with Gasteiger partial charge in [-0.3, -0.25) is 9.78 Å². The minimum absolute atomic E-state index is 0.244. The molecule has 0 aromatic carbocycles. The Hall–Kier alpha value is -2.28. The van der Waals surface area contributed by atoms with Crippen LogP contribution >= 0.6 is 0 Å². The van der Waals surface area contributed by atoms with E-state index < -0.39 is 0 Å². The first-order valence-corrected chi connectivity index (χ1v) is 5.03. The summed E-state index contributed by atoms with van der Waals surface area (Å²) >= 11 is 0. The first-order valence-electron chi connectivity index (χ1n) is 5.03. The van der Waals surface area contributed by atoms with Gasteiger partial charge >= 0.3 is 0 Å². The van der Waals surface area contributed by atoms with Crippen molar-refractivity contribution in [2.75, 3.05) is 7.05 Å². The molecule has 2 heterocycles. The third kappa shape index (κ3) is 2.28. The van der Waals surface area contributed by atoms with Gasteiger partial charge in [-0.25, -0.2) is 9.67 Å². The molecule has 2 rings (SSSR count). The van der Waals surface area contributed by atoms with E-state index in [1.165, 1.54) is 0 Å². The average Bonchev–Trinajstić information content (AvgIpc) is 2.86. The summed E-state index contributed by atoms with van der Waals surface area (Å²) in [6.45, 7) is 0.278. The number of aromatic nitrogens is 4. The number of hydrogen-bond donors (Lipinski definition) is 2. The van der Waals surface area contributed by atoms with Crippen molar-refractivity contribution in [3.63, 3.8) is 0 Å². The maximum atomic E-state index is 11.4. The van der Waals surface area contributed by atoms with Crippen molar-refractivity contribution in [3.05, 3.63) is 36.2 Å². The Balaban J connectivity index is 2.35. The molecule has 0 aliphatic heterocycles. The zero-order chi connectivity index (χ0) is 12.3. The summed E-state index contributed by atoms with van der Waals surface area (Å²) in [7, 11) is 1.55. The van der Waals surface area contributed by atoms with Crippen LogP contribution in [0.4, 0.5) is 0 Å². The van der Waals surface area contributed by atoms with E-state index in [2.05, 4.69) is 20.4 Å². The van der Waals surface area contributed by atoms with E-state index in [1.807, 2.05) is 0 Å². The monoisotopic (exact) mass is 232 g/mol. The minimum atomic E-state index is -0.244. The second-order valence-corrected chi connectivity index (χ2v) is 3.29. The fourth-order valence-corrected chi connectivity index (χ4v) is 1.33. The van der Waals surface area contributed by atoms with Crippen molar-refractivity contribution in [1.29, 1.82) is 0 Å². The van der Waals surface area contributed by atoms with Crippen molar-refractivity contribution in [3.8, 4) is 5.69 Å². The normalized spacial score (nSPS) is 10.2. The smallest absolute Gasteiger partial charge is 0.269 e. The molecule has 3 N–H and O–H groups in total. The van der Waals surface area contributed by atoms with E-state index in [1.54, 1.807) is 36.4 Å². The lowest BCUT2D eigenvalue weighted by Gasteiger charge is -2.02. The molecule has 0 radical (unpaired) electrons. The summed E-state index contributed by atoms with van der Waals surface area (Å²) in [5.74, 6) is 0.300. The van der Waals surface area contributed by atoms with Crippen LogP contribution in [0.5, 0.6) is 0 Å². The Morgan fingerprint density at radius 1 is 1.53 bits per heavy atom. The van der Waals surface area contributed by atoms with Crippen LogP contribution in [-0.2, 0) is 6.54 Å². The zero-order valence-corrected chi connectivity index (χ0v) is 9.29. The quantitative estimate of drug-likeness (QED) is 0.742. The molecule has 88 valence electrons. The third-order valence-electron chi connectivity index (χ3n) is 2.19. The summed E-state index contributed by atoms with van der Waals surface area (Å²) in [4.78, 5) is 19.4. The molecular formula is C10H12N6O. The molecule has 0 atom stereocenters. The van der Waals surface area contributed by atoms with Gasteiger partial charge in [0.15, 0.2) is 5.82 Å². The molecule has 0 spiro atoms. The predicted octanol–water partition coefficient (Wildman–Crippen LogP) is -0.519. The van der Waals surface area contributed by atoms with Crippen LogP contribution in [0.15, 0.2) is 24.7 Å². The van der Waals surface area contributed by atoms with Gasteiger partial charge in [0.25, 0.3) is 5.91 Å². The van der Waals surface area contributed by atoms with Crippen molar-refractivity contribution in [1.82, 2.24) is 25.1 Å². The standard InChI is InChI=1S/C10H12N6O/c1-12-10(17)8-4-7(2-3-13-8)16-6-14-9(5-11)15-16/h2-4,6H,5,11H2,1H3,(H,12,17). The fraction of sp³-hybridized carbons (Fsp3) is 0.200. The highest BCUT2D eigenvalue weighted by Crippen LogP contribution is 2.07. The highest BCUT2D eigenvalue weighted by molar-refractivity contribution is 5.92. The van der Waals surface area contributed by atoms with Crippen LogP contribution < -0.4 is 11.1 Å². The maximum Gasteiger partial charge on any atom is 0.269 e. The van der Waals surface area contributed by atoms with E-state index in [0.29, 0.717) is 17.2 Å². The van der Waals surface area contributed by atoms with Gasteiger partial charge in [-0.1, -0.05) is 0 Å². The predicted molar refractivity (Wildman–Crippen MR) is 60.4 cm³/mol. The topological polar surface area (TPSA) is 98.7 Å². The molecule has 2 aromatic heterocycles.